The number of fused-ring (bicyclic) bond motifs is 1. The summed E-state index contributed by atoms with van der Waals surface area (Å²) in [5.41, 5.74) is 0. The van der Waals surface area contributed by atoms with E-state index < -0.39 is 0 Å². The third kappa shape index (κ3) is 1.52. The van der Waals surface area contributed by atoms with Gasteiger partial charge in [0, 0.05) is 17.7 Å². The maximum absolute atomic E-state index is 4.75. The van der Waals surface area contributed by atoms with Crippen molar-refractivity contribution < 1.29 is 0 Å². The van der Waals surface area contributed by atoms with Crippen LogP contribution in [0.1, 0.15) is 20.3 Å². The molecular weight excluding hydrogens is 168 g/mol. The molecule has 0 aromatic rings. The van der Waals surface area contributed by atoms with Crippen molar-refractivity contribution in [1.29, 1.82) is 0 Å². The topological polar surface area (TPSA) is 24.4 Å². The molecular formula is C9H16N2S. The van der Waals surface area contributed by atoms with Crippen LogP contribution in [-0.4, -0.2) is 29.4 Å². The van der Waals surface area contributed by atoms with Crippen molar-refractivity contribution in [2.24, 2.45) is 10.9 Å². The van der Waals surface area contributed by atoms with E-state index in [9.17, 15) is 0 Å². The van der Waals surface area contributed by atoms with Crippen LogP contribution < -0.4 is 5.32 Å². The SMILES string of the molecule is CC(C)C1=NC2CCNCC2S1. The lowest BCUT2D eigenvalue weighted by molar-refractivity contribution is 0.477. The number of thioether (sulfide) groups is 1. The number of nitrogens with one attached hydrogen (secondary N) is 1. The fourth-order valence-electron chi connectivity index (χ4n) is 1.72. The van der Waals surface area contributed by atoms with E-state index in [2.05, 4.69) is 19.2 Å². The summed E-state index contributed by atoms with van der Waals surface area (Å²) in [5, 5.41) is 5.52. The number of aliphatic imine (C=N–C) groups is 1. The second-order valence-electron chi connectivity index (χ2n) is 3.84. The minimum absolute atomic E-state index is 0.619. The highest BCUT2D eigenvalue weighted by Crippen LogP contribution is 2.32. The van der Waals surface area contributed by atoms with Gasteiger partial charge in [-0.1, -0.05) is 13.8 Å². The standard InChI is InChI=1S/C9H16N2S/c1-6(2)9-11-7-3-4-10-5-8(7)12-9/h6-8,10H,3-5H2,1-2H3. The first-order valence-electron chi connectivity index (χ1n) is 4.72. The van der Waals surface area contributed by atoms with Gasteiger partial charge in [0.15, 0.2) is 0 Å². The normalized spacial score (nSPS) is 35.1. The minimum atomic E-state index is 0.619. The quantitative estimate of drug-likeness (QED) is 0.668. The van der Waals surface area contributed by atoms with Gasteiger partial charge >= 0.3 is 0 Å². The van der Waals surface area contributed by atoms with Gasteiger partial charge in [-0.15, -0.1) is 11.8 Å². The summed E-state index contributed by atoms with van der Waals surface area (Å²) >= 11 is 1.99. The molecule has 1 fully saturated rings. The van der Waals surface area contributed by atoms with Crippen LogP contribution in [0.2, 0.25) is 0 Å². The maximum atomic E-state index is 4.75. The van der Waals surface area contributed by atoms with Crippen molar-refractivity contribution in [3.05, 3.63) is 0 Å². The van der Waals surface area contributed by atoms with Gasteiger partial charge in [-0.2, -0.15) is 0 Å². The zero-order valence-corrected chi connectivity index (χ0v) is 8.53. The van der Waals surface area contributed by atoms with Crippen LogP contribution in [0.15, 0.2) is 4.99 Å². The summed E-state index contributed by atoms with van der Waals surface area (Å²) in [6.45, 7) is 6.76. The second-order valence-corrected chi connectivity index (χ2v) is 5.10. The van der Waals surface area contributed by atoms with Crippen LogP contribution >= 0.6 is 11.8 Å². The number of hydrogen-bond donors (Lipinski definition) is 1. The molecule has 0 amide bonds. The molecule has 68 valence electrons. The summed E-state index contributed by atoms with van der Waals surface area (Å²) in [4.78, 5) is 4.75. The highest BCUT2D eigenvalue weighted by Gasteiger charge is 2.32. The monoisotopic (exact) mass is 184 g/mol. The first-order valence-corrected chi connectivity index (χ1v) is 5.60. The largest absolute Gasteiger partial charge is 0.315 e. The molecule has 1 saturated heterocycles. The van der Waals surface area contributed by atoms with Gasteiger partial charge in [0.1, 0.15) is 0 Å². The van der Waals surface area contributed by atoms with Crippen molar-refractivity contribution in [2.75, 3.05) is 13.1 Å². The summed E-state index contributed by atoms with van der Waals surface area (Å²) in [6, 6.07) is 0.619. The average Bonchev–Trinajstić information content (AvgIpc) is 2.46. The van der Waals surface area contributed by atoms with E-state index in [1.807, 2.05) is 11.8 Å². The molecule has 2 atom stereocenters. The Morgan fingerprint density at radius 2 is 2.42 bits per heavy atom. The van der Waals surface area contributed by atoms with Crippen molar-refractivity contribution >= 4 is 16.8 Å². The number of piperidine rings is 1. The van der Waals surface area contributed by atoms with Crippen LogP contribution in [0.25, 0.3) is 0 Å². The predicted octanol–water partition coefficient (Wildman–Crippen LogP) is 1.52. The molecule has 12 heavy (non-hydrogen) atoms. The Balaban J connectivity index is 2.04. The molecule has 0 aliphatic carbocycles. The van der Waals surface area contributed by atoms with E-state index in [0.29, 0.717) is 12.0 Å². The summed E-state index contributed by atoms with van der Waals surface area (Å²) in [6.07, 6.45) is 1.23. The number of rotatable bonds is 1. The Labute approximate surface area is 78.2 Å². The average molecular weight is 184 g/mol. The first-order chi connectivity index (χ1) is 5.77. The van der Waals surface area contributed by atoms with E-state index in [4.69, 9.17) is 4.99 Å². The van der Waals surface area contributed by atoms with Gasteiger partial charge < -0.3 is 5.32 Å². The Hall–Kier alpha value is -0.0200. The van der Waals surface area contributed by atoms with E-state index in [1.165, 1.54) is 11.5 Å². The minimum Gasteiger partial charge on any atom is -0.315 e. The highest BCUT2D eigenvalue weighted by atomic mass is 32.2. The van der Waals surface area contributed by atoms with Crippen LogP contribution in [-0.2, 0) is 0 Å². The zero-order chi connectivity index (χ0) is 8.55. The van der Waals surface area contributed by atoms with Crippen molar-refractivity contribution in [3.8, 4) is 0 Å². The van der Waals surface area contributed by atoms with Crippen LogP contribution in [0.3, 0.4) is 0 Å². The Kier molecular flexibility index (Phi) is 2.42. The van der Waals surface area contributed by atoms with E-state index >= 15 is 0 Å². The van der Waals surface area contributed by atoms with Gasteiger partial charge in [0.25, 0.3) is 0 Å². The lowest BCUT2D eigenvalue weighted by Gasteiger charge is -2.23. The van der Waals surface area contributed by atoms with Gasteiger partial charge in [-0.3, -0.25) is 4.99 Å². The van der Waals surface area contributed by atoms with E-state index in [1.54, 1.807) is 0 Å². The smallest absolute Gasteiger partial charge is 0.0709 e. The molecule has 1 N–H and O–H groups in total. The molecule has 2 heterocycles. The fraction of sp³-hybridized carbons (Fsp3) is 0.889. The second kappa shape index (κ2) is 3.38. The van der Waals surface area contributed by atoms with Crippen LogP contribution in [0.4, 0.5) is 0 Å². The number of hydrogen-bond acceptors (Lipinski definition) is 3. The molecule has 0 saturated carbocycles. The van der Waals surface area contributed by atoms with Crippen LogP contribution in [0, 0.1) is 5.92 Å². The maximum Gasteiger partial charge on any atom is 0.0709 e. The fourth-order valence-corrected chi connectivity index (χ4v) is 3.05. The lowest BCUT2D eigenvalue weighted by Crippen LogP contribution is -2.39. The number of nitrogens with zero attached hydrogens (tertiary/aromatic N) is 1. The molecule has 0 aromatic carbocycles. The molecule has 2 nitrogen and oxygen atoms in total. The summed E-state index contributed by atoms with van der Waals surface area (Å²) in [5.74, 6) is 0.626. The Morgan fingerprint density at radius 3 is 3.08 bits per heavy atom. The third-order valence-electron chi connectivity index (χ3n) is 2.45. The predicted molar refractivity (Wildman–Crippen MR) is 54.9 cm³/mol. The highest BCUT2D eigenvalue weighted by molar-refractivity contribution is 8.14. The van der Waals surface area contributed by atoms with Crippen molar-refractivity contribution in [1.82, 2.24) is 5.32 Å². The molecule has 2 aliphatic rings. The first kappa shape index (κ1) is 8.57. The zero-order valence-electron chi connectivity index (χ0n) is 7.71. The molecule has 2 rings (SSSR count). The molecule has 0 spiro atoms. The van der Waals surface area contributed by atoms with Crippen molar-refractivity contribution in [2.45, 2.75) is 31.6 Å². The molecule has 0 radical (unpaired) electrons. The van der Waals surface area contributed by atoms with Gasteiger partial charge in [-0.05, 0) is 13.0 Å². The van der Waals surface area contributed by atoms with Gasteiger partial charge in [0.2, 0.25) is 0 Å². The third-order valence-corrected chi connectivity index (χ3v) is 4.05. The molecule has 2 unspecified atom stereocenters. The molecule has 2 aliphatic heterocycles. The van der Waals surface area contributed by atoms with Crippen molar-refractivity contribution in [3.63, 3.8) is 0 Å². The summed E-state index contributed by atoms with van der Waals surface area (Å²) < 4.78 is 0. The van der Waals surface area contributed by atoms with Crippen LogP contribution in [0.5, 0.6) is 0 Å². The molecule has 0 aromatic heterocycles. The Bertz CT molecular complexity index is 201. The summed E-state index contributed by atoms with van der Waals surface area (Å²) in [7, 11) is 0. The van der Waals surface area contributed by atoms with Gasteiger partial charge in [-0.25, -0.2) is 0 Å². The van der Waals surface area contributed by atoms with E-state index in [0.717, 1.165) is 18.3 Å². The molecule has 0 bridgehead atoms. The molecule has 3 heteroatoms. The Morgan fingerprint density at radius 1 is 1.58 bits per heavy atom. The lowest BCUT2D eigenvalue weighted by atomic mass is 10.1. The van der Waals surface area contributed by atoms with Gasteiger partial charge in [0.05, 0.1) is 11.1 Å². The van der Waals surface area contributed by atoms with E-state index in [-0.39, 0.29) is 0 Å².